The molecule has 0 amide bonds. The van der Waals surface area contributed by atoms with E-state index in [9.17, 15) is 0 Å². The minimum absolute atomic E-state index is 0.0360. The molecular formula is C15H25N3O. The maximum Gasteiger partial charge on any atom is 0.232 e. The minimum atomic E-state index is 0.0360. The molecule has 1 aromatic rings. The van der Waals surface area contributed by atoms with Gasteiger partial charge in [-0.1, -0.05) is 34.6 Å². The SMILES string of the molecule is CC(C)NC1CC(Oc2cnc(C(C)(C)C)cn2)C1. The predicted molar refractivity (Wildman–Crippen MR) is 76.4 cm³/mol. The number of rotatable bonds is 4. The monoisotopic (exact) mass is 263 g/mol. The molecule has 1 heterocycles. The molecule has 4 heteroatoms. The molecule has 1 aliphatic carbocycles. The minimum Gasteiger partial charge on any atom is -0.473 e. The molecule has 1 N–H and O–H groups in total. The van der Waals surface area contributed by atoms with E-state index in [0.717, 1.165) is 18.5 Å². The molecule has 1 aromatic heterocycles. The zero-order valence-corrected chi connectivity index (χ0v) is 12.6. The van der Waals surface area contributed by atoms with E-state index in [1.165, 1.54) is 0 Å². The molecule has 1 fully saturated rings. The molecule has 19 heavy (non-hydrogen) atoms. The Morgan fingerprint density at radius 3 is 2.37 bits per heavy atom. The quantitative estimate of drug-likeness (QED) is 0.907. The lowest BCUT2D eigenvalue weighted by atomic mass is 9.89. The van der Waals surface area contributed by atoms with Crippen LogP contribution in [0.5, 0.6) is 5.88 Å². The fourth-order valence-electron chi connectivity index (χ4n) is 2.20. The largest absolute Gasteiger partial charge is 0.473 e. The topological polar surface area (TPSA) is 47.0 Å². The molecule has 1 saturated carbocycles. The van der Waals surface area contributed by atoms with Crippen LogP contribution in [0.2, 0.25) is 0 Å². The lowest BCUT2D eigenvalue weighted by Gasteiger charge is -2.36. The van der Waals surface area contributed by atoms with Crippen molar-refractivity contribution in [2.24, 2.45) is 0 Å². The van der Waals surface area contributed by atoms with Gasteiger partial charge in [-0.05, 0) is 12.8 Å². The van der Waals surface area contributed by atoms with Gasteiger partial charge in [0.05, 0.1) is 18.1 Å². The van der Waals surface area contributed by atoms with E-state index < -0.39 is 0 Å². The van der Waals surface area contributed by atoms with Crippen molar-refractivity contribution in [2.75, 3.05) is 0 Å². The standard InChI is InChI=1S/C15H25N3O/c1-10(2)18-11-6-12(7-11)19-14-9-16-13(8-17-14)15(3,4)5/h8-12,18H,6-7H2,1-5H3. The van der Waals surface area contributed by atoms with Gasteiger partial charge in [0.1, 0.15) is 6.10 Å². The first kappa shape index (κ1) is 14.3. The summed E-state index contributed by atoms with van der Waals surface area (Å²) in [4.78, 5) is 8.77. The van der Waals surface area contributed by atoms with Crippen molar-refractivity contribution in [3.05, 3.63) is 18.1 Å². The first-order chi connectivity index (χ1) is 8.84. The van der Waals surface area contributed by atoms with Gasteiger partial charge in [0.25, 0.3) is 0 Å². The zero-order chi connectivity index (χ0) is 14.0. The maximum atomic E-state index is 5.82. The van der Waals surface area contributed by atoms with Gasteiger partial charge >= 0.3 is 0 Å². The van der Waals surface area contributed by atoms with Crippen LogP contribution in [0, 0.1) is 0 Å². The number of aromatic nitrogens is 2. The van der Waals surface area contributed by atoms with E-state index in [-0.39, 0.29) is 11.5 Å². The summed E-state index contributed by atoms with van der Waals surface area (Å²) >= 11 is 0. The Bertz CT molecular complexity index is 402. The van der Waals surface area contributed by atoms with Crippen LogP contribution in [0.3, 0.4) is 0 Å². The molecule has 0 saturated heterocycles. The third kappa shape index (κ3) is 3.90. The molecular weight excluding hydrogens is 238 g/mol. The average molecular weight is 263 g/mol. The molecule has 0 atom stereocenters. The number of nitrogens with one attached hydrogen (secondary N) is 1. The fourth-order valence-corrected chi connectivity index (χ4v) is 2.20. The Balaban J connectivity index is 1.82. The highest BCUT2D eigenvalue weighted by Gasteiger charge is 2.31. The van der Waals surface area contributed by atoms with Gasteiger partial charge in [0, 0.05) is 17.5 Å². The van der Waals surface area contributed by atoms with Crippen LogP contribution in [0.4, 0.5) is 0 Å². The van der Waals surface area contributed by atoms with Crippen molar-refractivity contribution < 1.29 is 4.74 Å². The smallest absolute Gasteiger partial charge is 0.232 e. The van der Waals surface area contributed by atoms with Gasteiger partial charge in [0.2, 0.25) is 5.88 Å². The molecule has 0 spiro atoms. The fraction of sp³-hybridized carbons (Fsp3) is 0.733. The first-order valence-corrected chi connectivity index (χ1v) is 7.10. The van der Waals surface area contributed by atoms with Crippen LogP contribution in [-0.4, -0.2) is 28.2 Å². The van der Waals surface area contributed by atoms with Gasteiger partial charge in [-0.2, -0.15) is 0 Å². The lowest BCUT2D eigenvalue weighted by molar-refractivity contribution is 0.0767. The maximum absolute atomic E-state index is 5.82. The van der Waals surface area contributed by atoms with Crippen molar-refractivity contribution in [1.82, 2.24) is 15.3 Å². The third-order valence-corrected chi connectivity index (χ3v) is 3.35. The summed E-state index contributed by atoms with van der Waals surface area (Å²) in [6.45, 7) is 10.7. The van der Waals surface area contributed by atoms with Crippen molar-refractivity contribution >= 4 is 0 Å². The average Bonchev–Trinajstić information content (AvgIpc) is 2.25. The van der Waals surface area contributed by atoms with Crippen LogP contribution >= 0.6 is 0 Å². The Hall–Kier alpha value is -1.16. The second kappa shape index (κ2) is 5.45. The van der Waals surface area contributed by atoms with E-state index in [2.05, 4.69) is 49.9 Å². The van der Waals surface area contributed by atoms with Crippen molar-refractivity contribution in [2.45, 2.75) is 71.1 Å². The third-order valence-electron chi connectivity index (χ3n) is 3.35. The van der Waals surface area contributed by atoms with Crippen LogP contribution in [0.1, 0.15) is 53.2 Å². The molecule has 0 aromatic carbocycles. The van der Waals surface area contributed by atoms with Crippen LogP contribution in [-0.2, 0) is 5.41 Å². The van der Waals surface area contributed by atoms with Crippen LogP contribution in [0.25, 0.3) is 0 Å². The van der Waals surface area contributed by atoms with E-state index in [1.807, 2.05) is 6.20 Å². The van der Waals surface area contributed by atoms with Crippen molar-refractivity contribution in [3.8, 4) is 5.88 Å². The van der Waals surface area contributed by atoms with Gasteiger partial charge in [-0.15, -0.1) is 0 Å². The van der Waals surface area contributed by atoms with E-state index in [1.54, 1.807) is 6.20 Å². The Kier molecular flexibility index (Phi) is 4.09. The molecule has 4 nitrogen and oxygen atoms in total. The van der Waals surface area contributed by atoms with E-state index in [4.69, 9.17) is 4.74 Å². The van der Waals surface area contributed by atoms with Crippen molar-refractivity contribution in [1.29, 1.82) is 0 Å². The molecule has 0 unspecified atom stereocenters. The molecule has 1 aliphatic rings. The molecule has 0 radical (unpaired) electrons. The van der Waals surface area contributed by atoms with Gasteiger partial charge < -0.3 is 10.1 Å². The van der Waals surface area contributed by atoms with E-state index in [0.29, 0.717) is 18.0 Å². The summed E-state index contributed by atoms with van der Waals surface area (Å²) in [7, 11) is 0. The number of hydrogen-bond donors (Lipinski definition) is 1. The van der Waals surface area contributed by atoms with Gasteiger partial charge in [-0.25, -0.2) is 4.98 Å². The Morgan fingerprint density at radius 2 is 1.89 bits per heavy atom. The molecule has 2 rings (SSSR count). The van der Waals surface area contributed by atoms with E-state index >= 15 is 0 Å². The summed E-state index contributed by atoms with van der Waals surface area (Å²) in [5.41, 5.74) is 1.03. The molecule has 106 valence electrons. The Morgan fingerprint density at radius 1 is 1.21 bits per heavy atom. The summed E-state index contributed by atoms with van der Waals surface area (Å²) in [5.74, 6) is 0.640. The Labute approximate surface area is 116 Å². The number of hydrogen-bond acceptors (Lipinski definition) is 4. The van der Waals surface area contributed by atoms with Crippen LogP contribution in [0.15, 0.2) is 12.4 Å². The predicted octanol–water partition coefficient (Wildman–Crippen LogP) is 2.68. The zero-order valence-electron chi connectivity index (χ0n) is 12.6. The molecule has 0 bridgehead atoms. The lowest BCUT2D eigenvalue weighted by Crippen LogP contribution is -2.49. The van der Waals surface area contributed by atoms with Gasteiger partial charge in [0.15, 0.2) is 0 Å². The van der Waals surface area contributed by atoms with Gasteiger partial charge in [-0.3, -0.25) is 4.98 Å². The highest BCUT2D eigenvalue weighted by molar-refractivity contribution is 5.14. The summed E-state index contributed by atoms with van der Waals surface area (Å²) in [6, 6.07) is 1.13. The second-order valence-electron chi connectivity index (χ2n) is 6.72. The number of nitrogens with zero attached hydrogens (tertiary/aromatic N) is 2. The second-order valence-corrected chi connectivity index (χ2v) is 6.72. The number of ether oxygens (including phenoxy) is 1. The van der Waals surface area contributed by atoms with Crippen LogP contribution < -0.4 is 10.1 Å². The normalized spacial score (nSPS) is 23.3. The summed E-state index contributed by atoms with van der Waals surface area (Å²) in [6.07, 6.45) is 5.95. The highest BCUT2D eigenvalue weighted by atomic mass is 16.5. The molecule has 0 aliphatic heterocycles. The van der Waals surface area contributed by atoms with Crippen molar-refractivity contribution in [3.63, 3.8) is 0 Å². The summed E-state index contributed by atoms with van der Waals surface area (Å²) in [5, 5.41) is 3.51. The first-order valence-electron chi connectivity index (χ1n) is 7.10. The highest BCUT2D eigenvalue weighted by Crippen LogP contribution is 2.26. The summed E-state index contributed by atoms with van der Waals surface area (Å²) < 4.78 is 5.82.